The van der Waals surface area contributed by atoms with Crippen molar-refractivity contribution in [1.29, 1.82) is 0 Å². The van der Waals surface area contributed by atoms with Gasteiger partial charge in [-0.25, -0.2) is 8.42 Å². The van der Waals surface area contributed by atoms with E-state index in [-0.39, 0.29) is 21.6 Å². The molecule has 0 bridgehead atoms. The van der Waals surface area contributed by atoms with Gasteiger partial charge in [0.15, 0.2) is 0 Å². The number of sulfone groups is 1. The number of nitrogens with one attached hydrogen (secondary N) is 2. The second-order valence-electron chi connectivity index (χ2n) is 7.31. The van der Waals surface area contributed by atoms with E-state index in [0.717, 1.165) is 11.5 Å². The van der Waals surface area contributed by atoms with Crippen LogP contribution in [0.4, 0.5) is 11.4 Å². The third-order valence-corrected chi connectivity index (χ3v) is 7.88. The minimum absolute atomic E-state index is 0.0862. The molecule has 8 nitrogen and oxygen atoms in total. The summed E-state index contributed by atoms with van der Waals surface area (Å²) < 4.78 is 25.9. The Morgan fingerprint density at radius 3 is 1.39 bits per heavy atom. The third kappa shape index (κ3) is 8.04. The van der Waals surface area contributed by atoms with E-state index in [4.69, 9.17) is 11.5 Å². The molecule has 0 fully saturated rings. The van der Waals surface area contributed by atoms with Crippen LogP contribution in [0, 0.1) is 0 Å². The van der Waals surface area contributed by atoms with E-state index in [1.807, 2.05) is 12.5 Å². The summed E-state index contributed by atoms with van der Waals surface area (Å²) in [6, 6.07) is 10.6. The van der Waals surface area contributed by atoms with Gasteiger partial charge in [0.05, 0.1) is 21.9 Å². The van der Waals surface area contributed by atoms with Gasteiger partial charge in [-0.3, -0.25) is 9.59 Å². The van der Waals surface area contributed by atoms with Crippen LogP contribution in [-0.4, -0.2) is 56.3 Å². The summed E-state index contributed by atoms with van der Waals surface area (Å²) in [7, 11) is -3.77. The molecule has 0 spiro atoms. The van der Waals surface area contributed by atoms with Gasteiger partial charge < -0.3 is 22.1 Å². The van der Waals surface area contributed by atoms with E-state index >= 15 is 0 Å². The summed E-state index contributed by atoms with van der Waals surface area (Å²) in [5.74, 6) is 0.925. The van der Waals surface area contributed by atoms with E-state index in [1.54, 1.807) is 23.5 Å². The Balaban J connectivity index is 2.04. The highest BCUT2D eigenvalue weighted by molar-refractivity contribution is 7.98. The van der Waals surface area contributed by atoms with Crippen LogP contribution in [-0.2, 0) is 19.4 Å². The second kappa shape index (κ2) is 13.0. The van der Waals surface area contributed by atoms with Crippen molar-refractivity contribution in [3.8, 4) is 0 Å². The number of rotatable bonds is 12. The van der Waals surface area contributed by atoms with Gasteiger partial charge in [-0.15, -0.1) is 0 Å². The Labute approximate surface area is 203 Å². The zero-order valence-corrected chi connectivity index (χ0v) is 21.1. The predicted molar refractivity (Wildman–Crippen MR) is 138 cm³/mol. The molecule has 11 heteroatoms. The highest BCUT2D eigenvalue weighted by Gasteiger charge is 2.19. The standard InChI is InChI=1S/C22H30N4O4S3/c1-31-13-11-19(23)21(27)25-15-3-7-17(8-4-15)33(29,30)18-9-5-16(6-10-18)26-22(28)20(24)12-14-32-2/h3-10,19-20H,11-14,23-24H2,1-2H3,(H,25,27)(H,26,28)/t19-,20+. The van der Waals surface area contributed by atoms with Crippen LogP contribution < -0.4 is 22.1 Å². The normalized spacial score (nSPS) is 13.2. The number of anilines is 2. The third-order valence-electron chi connectivity index (χ3n) is 4.80. The fraction of sp³-hybridized carbons (Fsp3) is 0.364. The molecular weight excluding hydrogens is 480 g/mol. The number of carbonyl (C=O) groups excluding carboxylic acids is 2. The fourth-order valence-electron chi connectivity index (χ4n) is 2.79. The SMILES string of the molecule is CSCC[C@@H](N)C(=O)Nc1ccc(S(=O)(=O)c2ccc(NC(=O)[C@@H](N)CCSC)cc2)cc1. The van der Waals surface area contributed by atoms with Crippen molar-refractivity contribution in [1.82, 2.24) is 0 Å². The lowest BCUT2D eigenvalue weighted by Gasteiger charge is -2.13. The molecule has 0 aliphatic carbocycles. The zero-order valence-electron chi connectivity index (χ0n) is 18.6. The van der Waals surface area contributed by atoms with Crippen LogP contribution in [0.15, 0.2) is 58.3 Å². The number of hydrogen-bond donors (Lipinski definition) is 4. The maximum absolute atomic E-state index is 12.9. The molecule has 2 aromatic carbocycles. The van der Waals surface area contributed by atoms with Crippen molar-refractivity contribution in [2.45, 2.75) is 34.7 Å². The first-order valence-corrected chi connectivity index (χ1v) is 14.5. The monoisotopic (exact) mass is 510 g/mol. The van der Waals surface area contributed by atoms with Crippen molar-refractivity contribution < 1.29 is 18.0 Å². The van der Waals surface area contributed by atoms with E-state index in [9.17, 15) is 18.0 Å². The van der Waals surface area contributed by atoms with Crippen molar-refractivity contribution in [3.63, 3.8) is 0 Å². The van der Waals surface area contributed by atoms with E-state index in [2.05, 4.69) is 10.6 Å². The van der Waals surface area contributed by atoms with Crippen LogP contribution in [0.3, 0.4) is 0 Å². The highest BCUT2D eigenvalue weighted by Crippen LogP contribution is 2.24. The van der Waals surface area contributed by atoms with Crippen LogP contribution in [0.5, 0.6) is 0 Å². The van der Waals surface area contributed by atoms with Crippen LogP contribution in [0.2, 0.25) is 0 Å². The average Bonchev–Trinajstić information content (AvgIpc) is 2.81. The summed E-state index contributed by atoms with van der Waals surface area (Å²) in [5, 5.41) is 5.39. The Kier molecular flexibility index (Phi) is 10.7. The molecule has 2 amide bonds. The lowest BCUT2D eigenvalue weighted by molar-refractivity contribution is -0.118. The molecule has 180 valence electrons. The van der Waals surface area contributed by atoms with E-state index < -0.39 is 21.9 Å². The molecule has 2 atom stereocenters. The lowest BCUT2D eigenvalue weighted by atomic mass is 10.2. The molecule has 0 heterocycles. The summed E-state index contributed by atoms with van der Waals surface area (Å²) in [6.45, 7) is 0. The summed E-state index contributed by atoms with van der Waals surface area (Å²) in [5.41, 5.74) is 12.6. The molecule has 0 aliphatic rings. The molecule has 33 heavy (non-hydrogen) atoms. The van der Waals surface area contributed by atoms with Gasteiger partial charge in [0.2, 0.25) is 21.7 Å². The van der Waals surface area contributed by atoms with Crippen LogP contribution in [0.1, 0.15) is 12.8 Å². The molecule has 0 aliphatic heterocycles. The van der Waals surface area contributed by atoms with Crippen molar-refractivity contribution in [2.75, 3.05) is 34.7 Å². The predicted octanol–water partition coefficient (Wildman–Crippen LogP) is 2.56. The topological polar surface area (TPSA) is 144 Å². The Bertz CT molecular complexity index is 951. The first kappa shape index (κ1) is 27.2. The summed E-state index contributed by atoms with van der Waals surface area (Å²) in [4.78, 5) is 24.4. The smallest absolute Gasteiger partial charge is 0.241 e. The first-order valence-electron chi connectivity index (χ1n) is 10.2. The molecule has 2 aromatic rings. The number of hydrogen-bond acceptors (Lipinski definition) is 8. The highest BCUT2D eigenvalue weighted by atomic mass is 32.2. The minimum Gasteiger partial charge on any atom is -0.325 e. The van der Waals surface area contributed by atoms with Gasteiger partial charge >= 0.3 is 0 Å². The van der Waals surface area contributed by atoms with Gasteiger partial charge in [-0.2, -0.15) is 23.5 Å². The Hall–Kier alpha value is -2.05. The number of benzene rings is 2. The Morgan fingerprint density at radius 2 is 1.09 bits per heavy atom. The molecule has 0 radical (unpaired) electrons. The first-order chi connectivity index (χ1) is 15.7. The van der Waals surface area contributed by atoms with Crippen molar-refractivity contribution in [3.05, 3.63) is 48.5 Å². The summed E-state index contributed by atoms with van der Waals surface area (Å²) in [6.07, 6.45) is 4.99. The van der Waals surface area contributed by atoms with Gasteiger partial charge in [0.1, 0.15) is 0 Å². The van der Waals surface area contributed by atoms with Crippen LogP contribution in [0.25, 0.3) is 0 Å². The molecule has 0 aromatic heterocycles. The molecule has 0 saturated carbocycles. The average molecular weight is 511 g/mol. The van der Waals surface area contributed by atoms with E-state index in [0.29, 0.717) is 24.2 Å². The molecule has 0 saturated heterocycles. The molecule has 2 rings (SSSR count). The Morgan fingerprint density at radius 1 is 0.758 bits per heavy atom. The quantitative estimate of drug-likeness (QED) is 0.341. The van der Waals surface area contributed by atoms with Crippen LogP contribution >= 0.6 is 23.5 Å². The van der Waals surface area contributed by atoms with Gasteiger partial charge in [0.25, 0.3) is 0 Å². The maximum atomic E-state index is 12.9. The number of carbonyl (C=O) groups is 2. The number of thioether (sulfide) groups is 2. The largest absolute Gasteiger partial charge is 0.325 e. The molecular formula is C22H30N4O4S3. The van der Waals surface area contributed by atoms with E-state index in [1.165, 1.54) is 48.5 Å². The van der Waals surface area contributed by atoms with Gasteiger partial charge in [-0.05, 0) is 85.4 Å². The van der Waals surface area contributed by atoms with Crippen molar-refractivity contribution in [2.24, 2.45) is 11.5 Å². The second-order valence-corrected chi connectivity index (χ2v) is 11.2. The summed E-state index contributed by atoms with van der Waals surface area (Å²) >= 11 is 3.22. The molecule has 0 unspecified atom stereocenters. The molecule has 6 N–H and O–H groups in total. The number of nitrogens with two attached hydrogens (primary N) is 2. The maximum Gasteiger partial charge on any atom is 0.241 e. The fourth-order valence-corrected chi connectivity index (χ4v) is 5.03. The zero-order chi connectivity index (χ0) is 24.4. The van der Waals surface area contributed by atoms with Gasteiger partial charge in [-0.1, -0.05) is 0 Å². The minimum atomic E-state index is -3.77. The lowest BCUT2D eigenvalue weighted by Crippen LogP contribution is -2.36. The van der Waals surface area contributed by atoms with Crippen molar-refractivity contribution >= 4 is 56.6 Å². The van der Waals surface area contributed by atoms with Gasteiger partial charge in [0, 0.05) is 11.4 Å². The number of amides is 2.